The Bertz CT molecular complexity index is 1560. The number of allylic oxidation sites excluding steroid dienone is 4. The maximum absolute atomic E-state index is 12.8. The second kappa shape index (κ2) is 9.94. The summed E-state index contributed by atoms with van der Waals surface area (Å²) in [6, 6.07) is 15.4. The zero-order valence-corrected chi connectivity index (χ0v) is 18.9. The standard InChI is InChI=1S/C26H20N4O6/c1-16(12-14-19-21(31)27-25(35)29(23(19)33)17-8-4-2-5-9-17)13-15-20-22(32)28-26(36)30(24(20)34)18-10-6-3-7-11-18/h2-15,33H,1H3,(H,27,31,35)(H,28,32,36)/p-1/b14-12+,16-13+,20-15+. The third kappa shape index (κ3) is 4.68. The van der Waals surface area contributed by atoms with Crippen molar-refractivity contribution in [3.63, 3.8) is 0 Å². The lowest BCUT2D eigenvalue weighted by atomic mass is 10.1. The van der Waals surface area contributed by atoms with E-state index in [-0.39, 0.29) is 11.1 Å². The van der Waals surface area contributed by atoms with Crippen molar-refractivity contribution in [3.05, 3.63) is 116 Å². The van der Waals surface area contributed by atoms with Gasteiger partial charge in [0.25, 0.3) is 17.4 Å². The average Bonchev–Trinajstić information content (AvgIpc) is 2.84. The second-order valence-electron chi connectivity index (χ2n) is 7.71. The van der Waals surface area contributed by atoms with E-state index in [4.69, 9.17) is 0 Å². The van der Waals surface area contributed by atoms with Gasteiger partial charge in [-0.3, -0.25) is 29.3 Å². The van der Waals surface area contributed by atoms with E-state index in [2.05, 4.69) is 10.3 Å². The maximum Gasteiger partial charge on any atom is 0.335 e. The molecule has 2 heterocycles. The highest BCUT2D eigenvalue weighted by Gasteiger charge is 2.36. The number of hydrogen-bond acceptors (Lipinski definition) is 6. The maximum atomic E-state index is 12.8. The van der Waals surface area contributed by atoms with Gasteiger partial charge in [0, 0.05) is 11.3 Å². The normalized spacial score (nSPS) is 15.6. The average molecular weight is 483 g/mol. The molecule has 0 aliphatic carbocycles. The second-order valence-corrected chi connectivity index (χ2v) is 7.71. The van der Waals surface area contributed by atoms with E-state index in [1.807, 2.05) is 0 Å². The van der Waals surface area contributed by atoms with Gasteiger partial charge in [-0.25, -0.2) is 14.5 Å². The van der Waals surface area contributed by atoms with Crippen LogP contribution in [0.25, 0.3) is 11.8 Å². The molecule has 1 aromatic heterocycles. The molecule has 10 heteroatoms. The molecule has 10 nitrogen and oxygen atoms in total. The van der Waals surface area contributed by atoms with E-state index in [0.717, 1.165) is 9.47 Å². The lowest BCUT2D eigenvalue weighted by Gasteiger charge is -2.26. The van der Waals surface area contributed by atoms with Crippen LogP contribution >= 0.6 is 0 Å². The molecule has 4 rings (SSSR count). The summed E-state index contributed by atoms with van der Waals surface area (Å²) in [6.45, 7) is 1.62. The minimum absolute atomic E-state index is 0.272. The number of nitrogens with zero attached hydrogens (tertiary/aromatic N) is 2. The van der Waals surface area contributed by atoms with Crippen LogP contribution in [0, 0.1) is 0 Å². The molecule has 1 aliphatic rings. The fraction of sp³-hybridized carbons (Fsp3) is 0.0385. The van der Waals surface area contributed by atoms with E-state index in [1.165, 1.54) is 24.3 Å². The first kappa shape index (κ1) is 23.9. The highest BCUT2D eigenvalue weighted by atomic mass is 16.3. The Morgan fingerprint density at radius 2 is 1.50 bits per heavy atom. The van der Waals surface area contributed by atoms with Crippen LogP contribution in [-0.2, 0) is 9.59 Å². The predicted molar refractivity (Wildman–Crippen MR) is 130 cm³/mol. The van der Waals surface area contributed by atoms with Gasteiger partial charge in [-0.05, 0) is 49.2 Å². The van der Waals surface area contributed by atoms with Crippen molar-refractivity contribution in [3.8, 4) is 11.6 Å². The van der Waals surface area contributed by atoms with Gasteiger partial charge < -0.3 is 5.11 Å². The highest BCUT2D eigenvalue weighted by molar-refractivity contribution is 6.37. The molecule has 2 aromatic carbocycles. The molecule has 0 bridgehead atoms. The molecule has 1 saturated heterocycles. The first-order valence-corrected chi connectivity index (χ1v) is 10.7. The van der Waals surface area contributed by atoms with Gasteiger partial charge in [0.1, 0.15) is 5.57 Å². The van der Waals surface area contributed by atoms with Crippen LogP contribution in [-0.4, -0.2) is 27.4 Å². The van der Waals surface area contributed by atoms with Crippen molar-refractivity contribution in [1.29, 1.82) is 0 Å². The van der Waals surface area contributed by atoms with Crippen molar-refractivity contribution in [2.24, 2.45) is 0 Å². The van der Waals surface area contributed by atoms with E-state index in [9.17, 15) is 29.1 Å². The monoisotopic (exact) mass is 483 g/mol. The zero-order valence-electron chi connectivity index (χ0n) is 18.9. The Morgan fingerprint density at radius 3 is 2.14 bits per heavy atom. The molecule has 36 heavy (non-hydrogen) atoms. The number of aromatic nitrogens is 2. The molecule has 3 aromatic rings. The number of carbonyl (C=O) groups excluding carboxylic acids is 3. The Hall–Kier alpha value is -5.25. The number of carbonyl (C=O) groups is 3. The summed E-state index contributed by atoms with van der Waals surface area (Å²) in [5.74, 6) is -2.44. The summed E-state index contributed by atoms with van der Waals surface area (Å²) in [5, 5.41) is 15.0. The third-order valence-corrected chi connectivity index (χ3v) is 5.26. The topological polar surface area (TPSA) is 144 Å². The zero-order chi connectivity index (χ0) is 25.8. The van der Waals surface area contributed by atoms with Crippen LogP contribution in [0.3, 0.4) is 0 Å². The molecular formula is C26H19N4O6-. The number of imide groups is 2. The van der Waals surface area contributed by atoms with E-state index in [1.54, 1.807) is 67.6 Å². The molecule has 1 aliphatic heterocycles. The summed E-state index contributed by atoms with van der Waals surface area (Å²) in [6.07, 6.45) is 5.34. The lowest BCUT2D eigenvalue weighted by molar-refractivity contribution is -0.278. The largest absolute Gasteiger partial charge is 0.859 e. The Morgan fingerprint density at radius 1 is 0.889 bits per heavy atom. The van der Waals surface area contributed by atoms with Crippen molar-refractivity contribution in [2.45, 2.75) is 6.92 Å². The minimum Gasteiger partial charge on any atom is -0.859 e. The number of anilines is 1. The third-order valence-electron chi connectivity index (χ3n) is 5.26. The molecule has 0 spiro atoms. The van der Waals surface area contributed by atoms with Crippen LogP contribution in [0.15, 0.2) is 99.6 Å². The van der Waals surface area contributed by atoms with E-state index < -0.39 is 35.0 Å². The number of rotatable bonds is 5. The number of para-hydroxylation sites is 2. The molecule has 0 radical (unpaired) electrons. The van der Waals surface area contributed by atoms with E-state index >= 15 is 0 Å². The molecule has 4 amide bonds. The number of aromatic amines is 1. The number of amides is 4. The van der Waals surface area contributed by atoms with Gasteiger partial charge in [-0.2, -0.15) is 0 Å². The fourth-order valence-electron chi connectivity index (χ4n) is 3.46. The molecule has 1 fully saturated rings. The first-order chi connectivity index (χ1) is 17.3. The highest BCUT2D eigenvalue weighted by Crippen LogP contribution is 2.20. The molecule has 0 atom stereocenters. The number of hydrogen-bond donors (Lipinski definition) is 2. The fourth-order valence-corrected chi connectivity index (χ4v) is 3.46. The molecule has 180 valence electrons. The molecule has 2 N–H and O–H groups in total. The van der Waals surface area contributed by atoms with Crippen LogP contribution in [0.1, 0.15) is 12.5 Å². The Labute approximate surface area is 204 Å². The summed E-state index contributed by atoms with van der Waals surface area (Å²) in [4.78, 5) is 64.8. The van der Waals surface area contributed by atoms with Gasteiger partial charge in [0.15, 0.2) is 0 Å². The van der Waals surface area contributed by atoms with Crippen LogP contribution in [0.2, 0.25) is 0 Å². The van der Waals surface area contributed by atoms with Crippen LogP contribution in [0.4, 0.5) is 10.5 Å². The van der Waals surface area contributed by atoms with E-state index in [0.29, 0.717) is 16.9 Å². The van der Waals surface area contributed by atoms with Crippen molar-refractivity contribution in [2.75, 3.05) is 4.90 Å². The van der Waals surface area contributed by atoms with Gasteiger partial charge in [0.05, 0.1) is 5.69 Å². The number of nitrogens with one attached hydrogen (secondary N) is 2. The van der Waals surface area contributed by atoms with Crippen molar-refractivity contribution < 1.29 is 19.5 Å². The van der Waals surface area contributed by atoms with Crippen LogP contribution < -0.4 is 26.6 Å². The van der Waals surface area contributed by atoms with Gasteiger partial charge >= 0.3 is 11.7 Å². The van der Waals surface area contributed by atoms with Gasteiger partial charge in [0.2, 0.25) is 0 Å². The number of urea groups is 1. The van der Waals surface area contributed by atoms with Crippen LogP contribution in [0.5, 0.6) is 5.88 Å². The molecule has 0 saturated carbocycles. The summed E-state index contributed by atoms with van der Waals surface area (Å²) in [5.41, 5.74) is -1.17. The number of barbiturate groups is 1. The minimum atomic E-state index is -0.857. The summed E-state index contributed by atoms with van der Waals surface area (Å²) >= 11 is 0. The number of H-pyrrole nitrogens is 1. The molecular weight excluding hydrogens is 464 g/mol. The predicted octanol–water partition coefficient (Wildman–Crippen LogP) is 1.77. The van der Waals surface area contributed by atoms with Gasteiger partial charge in [-0.1, -0.05) is 54.1 Å². The number of benzene rings is 2. The lowest BCUT2D eigenvalue weighted by Crippen LogP contribution is -2.54. The first-order valence-electron chi connectivity index (χ1n) is 10.7. The molecule has 0 unspecified atom stereocenters. The Balaban J connectivity index is 1.64. The smallest absolute Gasteiger partial charge is 0.335 e. The summed E-state index contributed by atoms with van der Waals surface area (Å²) in [7, 11) is 0. The quantitative estimate of drug-likeness (QED) is 0.321. The van der Waals surface area contributed by atoms with Crippen molar-refractivity contribution in [1.82, 2.24) is 14.9 Å². The van der Waals surface area contributed by atoms with Crippen molar-refractivity contribution >= 4 is 29.6 Å². The van der Waals surface area contributed by atoms with Gasteiger partial charge in [-0.15, -0.1) is 0 Å². The summed E-state index contributed by atoms with van der Waals surface area (Å²) < 4.78 is 0.850. The SMILES string of the molecule is CC(/C=C/c1c([O-])n(-c2ccccc2)c(=O)[nH]c1=O)=C\C=C1/C(=O)NC(=O)N(c2ccccc2)C1=O. The Kier molecular flexibility index (Phi) is 6.59.